The van der Waals surface area contributed by atoms with Crippen molar-refractivity contribution in [1.29, 1.82) is 0 Å². The minimum absolute atomic E-state index is 0.0304. The van der Waals surface area contributed by atoms with Gasteiger partial charge < -0.3 is 9.13 Å². The quantitative estimate of drug-likeness (QED) is 0.315. The lowest BCUT2D eigenvalue weighted by atomic mass is 9.96. The number of fused-ring (bicyclic) bond motifs is 2. The van der Waals surface area contributed by atoms with Gasteiger partial charge in [0.1, 0.15) is 0 Å². The second-order valence-electron chi connectivity index (χ2n) is 7.71. The molecule has 0 bridgehead atoms. The molecular formula is C23H18N4O4. The number of non-ortho nitro benzene ring substituents is 1. The first kappa shape index (κ1) is 18.8. The number of para-hydroxylation sites is 1. The molecule has 0 spiro atoms. The molecule has 8 heteroatoms. The maximum Gasteiger partial charge on any atom is 0.271 e. The number of imide groups is 1. The molecule has 0 unspecified atom stereocenters. The van der Waals surface area contributed by atoms with Gasteiger partial charge in [-0.15, -0.1) is 0 Å². The number of nitro groups is 1. The third-order valence-electron chi connectivity index (χ3n) is 5.83. The highest BCUT2D eigenvalue weighted by Gasteiger charge is 2.33. The van der Waals surface area contributed by atoms with Crippen molar-refractivity contribution in [2.75, 3.05) is 0 Å². The summed E-state index contributed by atoms with van der Waals surface area (Å²) in [5.41, 5.74) is 3.88. The monoisotopic (exact) mass is 414 g/mol. The summed E-state index contributed by atoms with van der Waals surface area (Å²) in [4.78, 5) is 36.2. The van der Waals surface area contributed by atoms with Gasteiger partial charge in [-0.05, 0) is 17.7 Å². The standard InChI is InChI=1S/C23H18N4O4/c1-25-11-13(15-5-3-4-6-19(15)25)9-17-21(23(29)24-22(17)28)18-12-26(2)20-10-14(27(30)31)7-8-16(18)20/h3-8,10-12H,9H2,1-2H3,(H,24,28,29). The zero-order chi connectivity index (χ0) is 21.9. The average molecular weight is 414 g/mol. The Balaban J connectivity index is 1.70. The van der Waals surface area contributed by atoms with Crippen LogP contribution in [0.4, 0.5) is 5.69 Å². The van der Waals surface area contributed by atoms with Gasteiger partial charge in [-0.1, -0.05) is 18.2 Å². The molecule has 0 saturated heterocycles. The molecular weight excluding hydrogens is 396 g/mol. The number of hydrogen-bond acceptors (Lipinski definition) is 4. The molecule has 154 valence electrons. The molecule has 0 saturated carbocycles. The lowest BCUT2D eigenvalue weighted by Gasteiger charge is -2.03. The van der Waals surface area contributed by atoms with Gasteiger partial charge in [0.05, 0.1) is 16.0 Å². The Morgan fingerprint density at radius 3 is 2.45 bits per heavy atom. The Kier molecular flexibility index (Phi) is 4.04. The molecule has 2 aromatic heterocycles. The highest BCUT2D eigenvalue weighted by molar-refractivity contribution is 6.37. The number of carbonyl (C=O) groups excluding carboxylic acids is 2. The minimum atomic E-state index is -0.455. The molecule has 1 N–H and O–H groups in total. The van der Waals surface area contributed by atoms with E-state index < -0.39 is 16.7 Å². The average Bonchev–Trinajstić information content (AvgIpc) is 3.34. The van der Waals surface area contributed by atoms with Crippen LogP contribution in [-0.4, -0.2) is 25.9 Å². The predicted octanol–water partition coefficient (Wildman–Crippen LogP) is 3.23. The van der Waals surface area contributed by atoms with Gasteiger partial charge in [0.2, 0.25) is 0 Å². The number of nitro benzene ring substituents is 1. The Labute approximate surface area is 176 Å². The first-order chi connectivity index (χ1) is 14.8. The molecule has 2 aromatic carbocycles. The smallest absolute Gasteiger partial charge is 0.271 e. The number of benzene rings is 2. The van der Waals surface area contributed by atoms with E-state index in [0.29, 0.717) is 34.0 Å². The van der Waals surface area contributed by atoms with Crippen molar-refractivity contribution >= 4 is 44.9 Å². The Bertz CT molecular complexity index is 1470. The van der Waals surface area contributed by atoms with E-state index in [9.17, 15) is 19.7 Å². The van der Waals surface area contributed by atoms with Crippen LogP contribution in [0.2, 0.25) is 0 Å². The van der Waals surface area contributed by atoms with E-state index in [1.54, 1.807) is 23.9 Å². The molecule has 1 aliphatic rings. The van der Waals surface area contributed by atoms with Crippen molar-refractivity contribution in [2.45, 2.75) is 6.42 Å². The van der Waals surface area contributed by atoms with E-state index >= 15 is 0 Å². The second kappa shape index (κ2) is 6.66. The van der Waals surface area contributed by atoms with E-state index in [2.05, 4.69) is 5.32 Å². The van der Waals surface area contributed by atoms with Crippen LogP contribution in [0.15, 0.2) is 60.4 Å². The maximum atomic E-state index is 12.8. The zero-order valence-electron chi connectivity index (χ0n) is 16.9. The van der Waals surface area contributed by atoms with E-state index in [-0.39, 0.29) is 5.69 Å². The highest BCUT2D eigenvalue weighted by atomic mass is 16.6. The number of amides is 2. The molecule has 1 aliphatic heterocycles. The van der Waals surface area contributed by atoms with Crippen LogP contribution in [0.1, 0.15) is 11.1 Å². The first-order valence-electron chi connectivity index (χ1n) is 9.70. The Morgan fingerprint density at radius 2 is 1.68 bits per heavy atom. The molecule has 4 aromatic rings. The van der Waals surface area contributed by atoms with Crippen molar-refractivity contribution in [3.63, 3.8) is 0 Å². The molecule has 8 nitrogen and oxygen atoms in total. The summed E-state index contributed by atoms with van der Waals surface area (Å²) in [6.45, 7) is 0. The van der Waals surface area contributed by atoms with Crippen molar-refractivity contribution in [2.24, 2.45) is 14.1 Å². The third kappa shape index (κ3) is 2.83. The molecule has 5 rings (SSSR count). The van der Waals surface area contributed by atoms with Crippen molar-refractivity contribution < 1.29 is 14.5 Å². The number of nitrogens with one attached hydrogen (secondary N) is 1. The van der Waals surface area contributed by atoms with Gasteiger partial charge in [-0.3, -0.25) is 25.0 Å². The fourth-order valence-electron chi connectivity index (χ4n) is 4.39. The topological polar surface area (TPSA) is 99.2 Å². The lowest BCUT2D eigenvalue weighted by molar-refractivity contribution is -0.384. The maximum absolute atomic E-state index is 12.8. The summed E-state index contributed by atoms with van der Waals surface area (Å²) in [6.07, 6.45) is 4.01. The van der Waals surface area contributed by atoms with Crippen molar-refractivity contribution in [1.82, 2.24) is 14.5 Å². The van der Waals surface area contributed by atoms with Crippen molar-refractivity contribution in [3.8, 4) is 0 Å². The number of carbonyl (C=O) groups is 2. The molecule has 0 atom stereocenters. The van der Waals surface area contributed by atoms with Gasteiger partial charge >= 0.3 is 0 Å². The summed E-state index contributed by atoms with van der Waals surface area (Å²) in [7, 11) is 3.70. The van der Waals surface area contributed by atoms with Crippen LogP contribution < -0.4 is 5.32 Å². The van der Waals surface area contributed by atoms with Gasteiger partial charge in [-0.25, -0.2) is 0 Å². The normalized spacial score (nSPS) is 14.1. The van der Waals surface area contributed by atoms with E-state index in [4.69, 9.17) is 0 Å². The molecule has 0 radical (unpaired) electrons. The summed E-state index contributed by atoms with van der Waals surface area (Å²) in [5.74, 6) is -0.863. The molecule has 0 aliphatic carbocycles. The van der Waals surface area contributed by atoms with Crippen LogP contribution in [0.5, 0.6) is 0 Å². The number of hydrogen-bond donors (Lipinski definition) is 1. The van der Waals surface area contributed by atoms with Gasteiger partial charge in [0.25, 0.3) is 17.5 Å². The van der Waals surface area contributed by atoms with Crippen molar-refractivity contribution in [3.05, 3.63) is 81.7 Å². The lowest BCUT2D eigenvalue weighted by Crippen LogP contribution is -2.23. The fourth-order valence-corrected chi connectivity index (χ4v) is 4.39. The van der Waals surface area contributed by atoms with Crippen LogP contribution in [0.3, 0.4) is 0 Å². The van der Waals surface area contributed by atoms with Gasteiger partial charge in [0, 0.05) is 72.5 Å². The summed E-state index contributed by atoms with van der Waals surface area (Å²) in [6, 6.07) is 12.4. The van der Waals surface area contributed by atoms with E-state index in [0.717, 1.165) is 16.5 Å². The van der Waals surface area contributed by atoms with Gasteiger partial charge in [0.15, 0.2) is 0 Å². The number of rotatable bonds is 4. The van der Waals surface area contributed by atoms with Crippen LogP contribution >= 0.6 is 0 Å². The summed E-state index contributed by atoms with van der Waals surface area (Å²) in [5, 5.41) is 15.3. The number of aromatic nitrogens is 2. The fraction of sp³-hybridized carbons (Fsp3) is 0.130. The van der Waals surface area contributed by atoms with E-state index in [1.165, 1.54) is 12.1 Å². The third-order valence-corrected chi connectivity index (χ3v) is 5.83. The van der Waals surface area contributed by atoms with Crippen LogP contribution in [0.25, 0.3) is 27.4 Å². The minimum Gasteiger partial charge on any atom is -0.350 e. The van der Waals surface area contributed by atoms with Gasteiger partial charge in [-0.2, -0.15) is 0 Å². The second-order valence-corrected chi connectivity index (χ2v) is 7.71. The first-order valence-corrected chi connectivity index (χ1v) is 9.70. The van der Waals surface area contributed by atoms with E-state index in [1.807, 2.05) is 42.1 Å². The Morgan fingerprint density at radius 1 is 0.935 bits per heavy atom. The summed E-state index contributed by atoms with van der Waals surface area (Å²) < 4.78 is 3.73. The zero-order valence-corrected chi connectivity index (χ0v) is 16.9. The molecule has 3 heterocycles. The molecule has 31 heavy (non-hydrogen) atoms. The van der Waals surface area contributed by atoms with Crippen LogP contribution in [0, 0.1) is 10.1 Å². The summed E-state index contributed by atoms with van der Waals surface area (Å²) >= 11 is 0. The number of aryl methyl sites for hydroxylation is 2. The number of nitrogens with zero attached hydrogens (tertiary/aromatic N) is 3. The SMILES string of the molecule is Cn1cc(CC2=C(c3cn(C)c4cc([N+](=O)[O-])ccc34)C(=O)NC2=O)c2ccccc21. The molecule has 2 amide bonds. The highest BCUT2D eigenvalue weighted by Crippen LogP contribution is 2.35. The largest absolute Gasteiger partial charge is 0.350 e. The Hall–Kier alpha value is -4.20. The predicted molar refractivity (Wildman–Crippen MR) is 116 cm³/mol. The van der Waals surface area contributed by atoms with Crippen LogP contribution in [-0.2, 0) is 30.1 Å². The molecule has 0 fully saturated rings.